The molecular formula is C12H14BrN3O2S. The van der Waals surface area contributed by atoms with E-state index in [1.54, 1.807) is 0 Å². The largest absolute Gasteiger partial charge is 0.244 e. The van der Waals surface area contributed by atoms with E-state index >= 15 is 0 Å². The zero-order chi connectivity index (χ0) is 13.5. The van der Waals surface area contributed by atoms with Gasteiger partial charge in [0.15, 0.2) is 9.84 Å². The summed E-state index contributed by atoms with van der Waals surface area (Å²) < 4.78 is 26.1. The van der Waals surface area contributed by atoms with Crippen molar-refractivity contribution in [1.29, 1.82) is 0 Å². The van der Waals surface area contributed by atoms with Gasteiger partial charge in [0.25, 0.3) is 0 Å². The number of benzene rings is 1. The molecule has 3 rings (SSSR count). The fourth-order valence-corrected chi connectivity index (χ4v) is 4.70. The minimum absolute atomic E-state index is 0.146. The van der Waals surface area contributed by atoms with Gasteiger partial charge in [-0.3, -0.25) is 0 Å². The number of halogens is 1. The Morgan fingerprint density at radius 1 is 1.42 bits per heavy atom. The summed E-state index contributed by atoms with van der Waals surface area (Å²) in [5, 5.41) is 8.24. The summed E-state index contributed by atoms with van der Waals surface area (Å²) in [6, 6.07) is 5.81. The third kappa shape index (κ3) is 2.81. The van der Waals surface area contributed by atoms with Gasteiger partial charge in [-0.2, -0.15) is 0 Å². The first-order valence-corrected chi connectivity index (χ1v) is 8.84. The van der Waals surface area contributed by atoms with E-state index in [2.05, 4.69) is 26.2 Å². The van der Waals surface area contributed by atoms with Gasteiger partial charge in [-0.05, 0) is 37.0 Å². The van der Waals surface area contributed by atoms with E-state index in [4.69, 9.17) is 0 Å². The van der Waals surface area contributed by atoms with Crippen LogP contribution >= 0.6 is 15.9 Å². The fourth-order valence-electron chi connectivity index (χ4n) is 2.59. The van der Waals surface area contributed by atoms with Crippen LogP contribution in [0.5, 0.6) is 0 Å². The van der Waals surface area contributed by atoms with Crippen molar-refractivity contribution < 1.29 is 8.42 Å². The maximum Gasteiger partial charge on any atom is 0.150 e. The first kappa shape index (κ1) is 13.1. The monoisotopic (exact) mass is 343 g/mol. The van der Waals surface area contributed by atoms with Crippen LogP contribution < -0.4 is 0 Å². The molecule has 1 unspecified atom stereocenters. The molecule has 0 saturated carbocycles. The molecule has 5 nitrogen and oxygen atoms in total. The molecule has 1 fully saturated rings. The van der Waals surface area contributed by atoms with Crippen molar-refractivity contribution in [2.45, 2.75) is 19.4 Å². The summed E-state index contributed by atoms with van der Waals surface area (Å²) in [7, 11) is -2.86. The van der Waals surface area contributed by atoms with E-state index < -0.39 is 9.84 Å². The molecule has 2 heterocycles. The average molecular weight is 344 g/mol. The predicted molar refractivity (Wildman–Crippen MR) is 76.6 cm³/mol. The van der Waals surface area contributed by atoms with Crippen molar-refractivity contribution in [3.63, 3.8) is 0 Å². The Labute approximate surface area is 120 Å². The van der Waals surface area contributed by atoms with E-state index in [9.17, 15) is 8.42 Å². The summed E-state index contributed by atoms with van der Waals surface area (Å²) in [5.74, 6) is 0.742. The number of nitrogens with zero attached hydrogens (tertiary/aromatic N) is 3. The Balaban J connectivity index is 1.85. The number of fused-ring (bicyclic) bond motifs is 1. The van der Waals surface area contributed by atoms with Crippen molar-refractivity contribution in [2.75, 3.05) is 11.5 Å². The highest BCUT2D eigenvalue weighted by Gasteiger charge is 2.25. The lowest BCUT2D eigenvalue weighted by Crippen LogP contribution is -2.28. The van der Waals surface area contributed by atoms with Crippen LogP contribution in [0.2, 0.25) is 0 Å². The van der Waals surface area contributed by atoms with Crippen LogP contribution in [0, 0.1) is 5.92 Å². The fraction of sp³-hybridized carbons (Fsp3) is 0.500. The van der Waals surface area contributed by atoms with Crippen molar-refractivity contribution >= 4 is 36.8 Å². The van der Waals surface area contributed by atoms with Crippen molar-refractivity contribution in [2.24, 2.45) is 5.92 Å². The van der Waals surface area contributed by atoms with Gasteiger partial charge in [0.1, 0.15) is 5.52 Å². The van der Waals surface area contributed by atoms with Crippen LogP contribution in [-0.2, 0) is 16.4 Å². The molecule has 0 aliphatic carbocycles. The lowest BCUT2D eigenvalue weighted by atomic mass is 10.1. The number of hydrogen-bond acceptors (Lipinski definition) is 4. The SMILES string of the molecule is O=S1(=O)CCCC(Cn2nnc3cc(Br)ccc32)C1. The summed E-state index contributed by atoms with van der Waals surface area (Å²) >= 11 is 3.40. The molecule has 1 aliphatic rings. The molecule has 102 valence electrons. The van der Waals surface area contributed by atoms with E-state index in [1.165, 1.54) is 0 Å². The van der Waals surface area contributed by atoms with Crippen LogP contribution in [0.25, 0.3) is 11.0 Å². The van der Waals surface area contributed by atoms with E-state index in [0.717, 1.165) is 28.3 Å². The maximum absolute atomic E-state index is 11.6. The normalized spacial score (nSPS) is 22.7. The number of aromatic nitrogens is 3. The van der Waals surface area contributed by atoms with Crippen LogP contribution in [-0.4, -0.2) is 34.9 Å². The van der Waals surface area contributed by atoms with Crippen molar-refractivity contribution in [3.05, 3.63) is 22.7 Å². The molecule has 7 heteroatoms. The molecule has 1 aromatic carbocycles. The molecular weight excluding hydrogens is 330 g/mol. The summed E-state index contributed by atoms with van der Waals surface area (Å²) in [4.78, 5) is 0. The Morgan fingerprint density at radius 2 is 2.26 bits per heavy atom. The smallest absolute Gasteiger partial charge is 0.150 e. The summed E-state index contributed by atoms with van der Waals surface area (Å²) in [5.41, 5.74) is 1.78. The first-order chi connectivity index (χ1) is 9.03. The molecule has 0 radical (unpaired) electrons. The standard InChI is InChI=1S/C12H14BrN3O2S/c13-10-3-4-12-11(6-10)14-15-16(12)7-9-2-1-5-19(17,18)8-9/h3-4,6,9H,1-2,5,7-8H2. The maximum atomic E-state index is 11.6. The minimum atomic E-state index is -2.86. The highest BCUT2D eigenvalue weighted by Crippen LogP contribution is 2.22. The second-order valence-electron chi connectivity index (χ2n) is 5.03. The summed E-state index contributed by atoms with van der Waals surface area (Å²) in [6.45, 7) is 0.622. The van der Waals surface area contributed by atoms with Crippen LogP contribution in [0.1, 0.15) is 12.8 Å². The molecule has 19 heavy (non-hydrogen) atoms. The third-order valence-corrected chi connectivity index (χ3v) is 5.85. The van der Waals surface area contributed by atoms with Crippen molar-refractivity contribution in [3.8, 4) is 0 Å². The first-order valence-electron chi connectivity index (χ1n) is 6.23. The molecule has 1 aromatic heterocycles. The van der Waals surface area contributed by atoms with Crippen LogP contribution in [0.3, 0.4) is 0 Å². The van der Waals surface area contributed by atoms with E-state index in [0.29, 0.717) is 12.3 Å². The summed E-state index contributed by atoms with van der Waals surface area (Å²) in [6.07, 6.45) is 1.70. The molecule has 1 atom stereocenters. The van der Waals surface area contributed by atoms with Crippen LogP contribution in [0.15, 0.2) is 22.7 Å². The van der Waals surface area contributed by atoms with Gasteiger partial charge >= 0.3 is 0 Å². The van der Waals surface area contributed by atoms with Gasteiger partial charge in [0.2, 0.25) is 0 Å². The van der Waals surface area contributed by atoms with Gasteiger partial charge in [-0.25, -0.2) is 13.1 Å². The third-order valence-electron chi connectivity index (χ3n) is 3.46. The van der Waals surface area contributed by atoms with Crippen LogP contribution in [0.4, 0.5) is 0 Å². The van der Waals surface area contributed by atoms with E-state index in [1.807, 2.05) is 22.9 Å². The molecule has 0 spiro atoms. The van der Waals surface area contributed by atoms with Gasteiger partial charge in [-0.15, -0.1) is 5.10 Å². The predicted octanol–water partition coefficient (Wildman–Crippen LogP) is 2.02. The Kier molecular flexibility index (Phi) is 3.34. The number of hydrogen-bond donors (Lipinski definition) is 0. The second-order valence-corrected chi connectivity index (χ2v) is 8.17. The lowest BCUT2D eigenvalue weighted by Gasteiger charge is -2.21. The zero-order valence-corrected chi connectivity index (χ0v) is 12.7. The average Bonchev–Trinajstić information content (AvgIpc) is 2.70. The minimum Gasteiger partial charge on any atom is -0.244 e. The van der Waals surface area contributed by atoms with Gasteiger partial charge < -0.3 is 0 Å². The second kappa shape index (κ2) is 4.86. The number of rotatable bonds is 2. The number of sulfone groups is 1. The van der Waals surface area contributed by atoms with Gasteiger partial charge in [-0.1, -0.05) is 21.1 Å². The van der Waals surface area contributed by atoms with E-state index in [-0.39, 0.29) is 11.7 Å². The topological polar surface area (TPSA) is 64.8 Å². The Bertz CT molecular complexity index is 711. The highest BCUT2D eigenvalue weighted by molar-refractivity contribution is 9.10. The van der Waals surface area contributed by atoms with Gasteiger partial charge in [0.05, 0.1) is 17.0 Å². The molecule has 0 bridgehead atoms. The lowest BCUT2D eigenvalue weighted by molar-refractivity contribution is 0.407. The van der Waals surface area contributed by atoms with Gasteiger partial charge in [0, 0.05) is 11.0 Å². The Hall–Kier alpha value is -0.950. The quantitative estimate of drug-likeness (QED) is 0.836. The highest BCUT2D eigenvalue weighted by atomic mass is 79.9. The zero-order valence-electron chi connectivity index (χ0n) is 10.3. The van der Waals surface area contributed by atoms with Crippen molar-refractivity contribution in [1.82, 2.24) is 15.0 Å². The molecule has 2 aromatic rings. The molecule has 1 aliphatic heterocycles. The molecule has 1 saturated heterocycles. The Morgan fingerprint density at radius 3 is 3.05 bits per heavy atom. The molecule has 0 N–H and O–H groups in total. The molecule has 0 amide bonds.